The van der Waals surface area contributed by atoms with Gasteiger partial charge in [0, 0.05) is 0 Å². The van der Waals surface area contributed by atoms with Crippen molar-refractivity contribution in [2.75, 3.05) is 19.7 Å². The van der Waals surface area contributed by atoms with Gasteiger partial charge in [-0.25, -0.2) is 0 Å². The average Bonchev–Trinajstić information content (AvgIpc) is 2.46. The molecule has 0 bridgehead atoms. The zero-order valence-corrected chi connectivity index (χ0v) is 12.7. The van der Waals surface area contributed by atoms with Crippen molar-refractivity contribution in [2.24, 2.45) is 0 Å². The third-order valence-corrected chi connectivity index (χ3v) is 3.54. The highest BCUT2D eigenvalue weighted by Crippen LogP contribution is 2.21. The Morgan fingerprint density at radius 3 is 2.37 bits per heavy atom. The fraction of sp³-hybridized carbons (Fsp3) is 0.647. The molecule has 0 saturated heterocycles. The minimum atomic E-state index is 0.636. The second kappa shape index (κ2) is 9.85. The van der Waals surface area contributed by atoms with Crippen LogP contribution < -0.4 is 10.1 Å². The molecule has 0 aromatic heterocycles. The Balaban J connectivity index is 2.16. The van der Waals surface area contributed by atoms with Gasteiger partial charge in [0.25, 0.3) is 0 Å². The maximum atomic E-state index is 5.74. The van der Waals surface area contributed by atoms with E-state index in [2.05, 4.69) is 50.4 Å². The molecule has 0 amide bonds. The summed E-state index contributed by atoms with van der Waals surface area (Å²) in [5, 5.41) is 3.42. The van der Waals surface area contributed by atoms with E-state index in [1.807, 2.05) is 0 Å². The highest BCUT2D eigenvalue weighted by atomic mass is 16.5. The molecular weight excluding hydrogens is 234 g/mol. The van der Waals surface area contributed by atoms with Crippen LogP contribution >= 0.6 is 0 Å². The van der Waals surface area contributed by atoms with Gasteiger partial charge in [0.15, 0.2) is 0 Å². The van der Waals surface area contributed by atoms with Crippen LogP contribution in [0.2, 0.25) is 0 Å². The third kappa shape index (κ3) is 6.63. The lowest BCUT2D eigenvalue weighted by Gasteiger charge is -2.11. The molecule has 108 valence electrons. The predicted octanol–water partition coefficient (Wildman–Crippen LogP) is 4.36. The van der Waals surface area contributed by atoms with Crippen molar-refractivity contribution in [1.29, 1.82) is 0 Å². The van der Waals surface area contributed by atoms with Crippen LogP contribution in [0, 0.1) is 0 Å². The van der Waals surface area contributed by atoms with Crippen molar-refractivity contribution in [3.05, 3.63) is 29.8 Å². The van der Waals surface area contributed by atoms with Crippen molar-refractivity contribution in [3.63, 3.8) is 0 Å². The van der Waals surface area contributed by atoms with Gasteiger partial charge in [-0.3, -0.25) is 0 Å². The molecular formula is C17H29NO. The second-order valence-electron chi connectivity index (χ2n) is 5.18. The summed E-state index contributed by atoms with van der Waals surface area (Å²) in [7, 11) is 0. The monoisotopic (exact) mass is 263 g/mol. The largest absolute Gasteiger partial charge is 0.494 e. The molecule has 0 radical (unpaired) electrons. The summed E-state index contributed by atoms with van der Waals surface area (Å²) in [6.45, 7) is 9.67. The molecule has 0 heterocycles. The first-order valence-electron chi connectivity index (χ1n) is 7.71. The van der Waals surface area contributed by atoms with E-state index in [4.69, 9.17) is 4.74 Å². The highest BCUT2D eigenvalue weighted by Gasteiger charge is 2.02. The molecule has 0 aliphatic rings. The fourth-order valence-corrected chi connectivity index (χ4v) is 1.94. The van der Waals surface area contributed by atoms with Crippen molar-refractivity contribution < 1.29 is 4.74 Å². The minimum absolute atomic E-state index is 0.636. The zero-order valence-electron chi connectivity index (χ0n) is 12.7. The predicted molar refractivity (Wildman–Crippen MR) is 83.0 cm³/mol. The molecule has 0 fully saturated rings. The SMILES string of the molecule is CCCCNCCCOc1ccc(C(C)CC)cc1. The van der Waals surface area contributed by atoms with Crippen LogP contribution in [0.3, 0.4) is 0 Å². The number of ether oxygens (including phenoxy) is 1. The molecule has 0 aliphatic carbocycles. The van der Waals surface area contributed by atoms with E-state index in [0.29, 0.717) is 5.92 Å². The first kappa shape index (κ1) is 16.0. The Morgan fingerprint density at radius 1 is 1.05 bits per heavy atom. The van der Waals surface area contributed by atoms with E-state index in [1.54, 1.807) is 0 Å². The van der Waals surface area contributed by atoms with Crippen molar-refractivity contribution in [3.8, 4) is 5.75 Å². The topological polar surface area (TPSA) is 21.3 Å². The van der Waals surface area contributed by atoms with E-state index in [-0.39, 0.29) is 0 Å². The lowest BCUT2D eigenvalue weighted by Crippen LogP contribution is -2.18. The maximum absolute atomic E-state index is 5.74. The Bertz CT molecular complexity index is 321. The molecule has 1 N–H and O–H groups in total. The summed E-state index contributed by atoms with van der Waals surface area (Å²) in [6.07, 6.45) is 4.77. The van der Waals surface area contributed by atoms with Crippen LogP contribution in [-0.4, -0.2) is 19.7 Å². The standard InChI is InChI=1S/C17H29NO/c1-4-6-12-18-13-7-14-19-17-10-8-16(9-11-17)15(3)5-2/h8-11,15,18H,4-7,12-14H2,1-3H3. The quantitative estimate of drug-likeness (QED) is 0.633. The Morgan fingerprint density at radius 2 is 1.74 bits per heavy atom. The average molecular weight is 263 g/mol. The van der Waals surface area contributed by atoms with Crippen molar-refractivity contribution >= 4 is 0 Å². The summed E-state index contributed by atoms with van der Waals surface area (Å²) in [4.78, 5) is 0. The third-order valence-electron chi connectivity index (χ3n) is 3.54. The van der Waals surface area contributed by atoms with Gasteiger partial charge in [-0.15, -0.1) is 0 Å². The van der Waals surface area contributed by atoms with Gasteiger partial charge in [0.2, 0.25) is 0 Å². The summed E-state index contributed by atoms with van der Waals surface area (Å²) in [5.74, 6) is 1.62. The van der Waals surface area contributed by atoms with Gasteiger partial charge in [0.1, 0.15) is 5.75 Å². The van der Waals surface area contributed by atoms with Gasteiger partial charge in [-0.05, 0) is 56.0 Å². The summed E-state index contributed by atoms with van der Waals surface area (Å²) in [5.41, 5.74) is 1.40. The highest BCUT2D eigenvalue weighted by molar-refractivity contribution is 5.29. The van der Waals surface area contributed by atoms with Gasteiger partial charge in [-0.1, -0.05) is 39.3 Å². The summed E-state index contributed by atoms with van der Waals surface area (Å²) in [6, 6.07) is 8.55. The molecule has 0 aliphatic heterocycles. The van der Waals surface area contributed by atoms with Crippen LogP contribution in [0.4, 0.5) is 0 Å². The summed E-state index contributed by atoms with van der Waals surface area (Å²) < 4.78 is 5.74. The normalized spacial score (nSPS) is 12.4. The van der Waals surface area contributed by atoms with E-state index < -0.39 is 0 Å². The van der Waals surface area contributed by atoms with Gasteiger partial charge < -0.3 is 10.1 Å². The minimum Gasteiger partial charge on any atom is -0.494 e. The zero-order chi connectivity index (χ0) is 13.9. The fourth-order valence-electron chi connectivity index (χ4n) is 1.94. The molecule has 1 rings (SSSR count). The molecule has 0 spiro atoms. The smallest absolute Gasteiger partial charge is 0.119 e. The maximum Gasteiger partial charge on any atom is 0.119 e. The molecule has 1 unspecified atom stereocenters. The molecule has 2 heteroatoms. The van der Waals surface area contributed by atoms with Crippen LogP contribution in [0.15, 0.2) is 24.3 Å². The molecule has 2 nitrogen and oxygen atoms in total. The molecule has 1 aromatic carbocycles. The number of benzene rings is 1. The molecule has 19 heavy (non-hydrogen) atoms. The molecule has 0 saturated carbocycles. The Labute approximate surface area is 118 Å². The molecule has 1 atom stereocenters. The molecule has 1 aromatic rings. The first-order valence-corrected chi connectivity index (χ1v) is 7.71. The van der Waals surface area contributed by atoms with Crippen molar-refractivity contribution in [2.45, 2.75) is 52.4 Å². The van der Waals surface area contributed by atoms with Crippen molar-refractivity contribution in [1.82, 2.24) is 5.32 Å². The number of hydrogen-bond acceptors (Lipinski definition) is 2. The number of rotatable bonds is 10. The van der Waals surface area contributed by atoms with E-state index in [1.165, 1.54) is 24.8 Å². The number of hydrogen-bond donors (Lipinski definition) is 1. The van der Waals surface area contributed by atoms with E-state index in [9.17, 15) is 0 Å². The number of nitrogens with one attached hydrogen (secondary N) is 1. The van der Waals surface area contributed by atoms with Gasteiger partial charge in [0.05, 0.1) is 6.61 Å². The lowest BCUT2D eigenvalue weighted by atomic mass is 9.99. The Kier molecular flexibility index (Phi) is 8.31. The Hall–Kier alpha value is -1.02. The first-order chi connectivity index (χ1) is 9.27. The van der Waals surface area contributed by atoms with E-state index in [0.717, 1.165) is 31.9 Å². The van der Waals surface area contributed by atoms with Crippen LogP contribution in [0.1, 0.15) is 57.9 Å². The number of unbranched alkanes of at least 4 members (excludes halogenated alkanes) is 1. The van der Waals surface area contributed by atoms with Crippen LogP contribution in [-0.2, 0) is 0 Å². The second-order valence-corrected chi connectivity index (χ2v) is 5.18. The van der Waals surface area contributed by atoms with E-state index >= 15 is 0 Å². The van der Waals surface area contributed by atoms with Crippen LogP contribution in [0.5, 0.6) is 5.75 Å². The van der Waals surface area contributed by atoms with Gasteiger partial charge >= 0.3 is 0 Å². The van der Waals surface area contributed by atoms with Crippen LogP contribution in [0.25, 0.3) is 0 Å². The summed E-state index contributed by atoms with van der Waals surface area (Å²) >= 11 is 0. The van der Waals surface area contributed by atoms with Gasteiger partial charge in [-0.2, -0.15) is 0 Å². The lowest BCUT2D eigenvalue weighted by molar-refractivity contribution is 0.308.